The van der Waals surface area contributed by atoms with Crippen LogP contribution in [-0.4, -0.2) is 21.7 Å². The lowest BCUT2D eigenvalue weighted by Crippen LogP contribution is -2.46. The van der Waals surface area contributed by atoms with Crippen LogP contribution in [-0.2, 0) is 11.3 Å². The first-order chi connectivity index (χ1) is 9.15. The minimum absolute atomic E-state index is 0.00611. The number of hydrogen-bond acceptors (Lipinski definition) is 3. The number of nitrogen functional groups attached to an aromatic ring is 1. The lowest BCUT2D eigenvalue weighted by atomic mass is 9.63. The van der Waals surface area contributed by atoms with E-state index in [4.69, 9.17) is 5.73 Å². The molecule has 112 valence electrons. The van der Waals surface area contributed by atoms with Crippen molar-refractivity contribution in [2.45, 2.75) is 59.5 Å². The number of rotatable bonds is 3. The van der Waals surface area contributed by atoms with Crippen LogP contribution >= 0.6 is 0 Å². The predicted octanol–water partition coefficient (Wildman–Crippen LogP) is 2.19. The lowest BCUT2D eigenvalue weighted by molar-refractivity contribution is -0.123. The Kier molecular flexibility index (Phi) is 3.80. The standard InChI is InChI=1S/C15H26N4O/c1-14(2)5-12(6-15(3,4)10-14)18-13(20)9-19-8-11(16)7-17-19/h7-8,12H,5-6,9-10,16H2,1-4H3,(H,18,20). The van der Waals surface area contributed by atoms with Gasteiger partial charge in [0.15, 0.2) is 0 Å². The van der Waals surface area contributed by atoms with E-state index in [-0.39, 0.29) is 29.3 Å². The summed E-state index contributed by atoms with van der Waals surface area (Å²) in [6.07, 6.45) is 6.49. The Labute approximate surface area is 120 Å². The van der Waals surface area contributed by atoms with Gasteiger partial charge in [-0.05, 0) is 30.1 Å². The summed E-state index contributed by atoms with van der Waals surface area (Å²) in [5.41, 5.74) is 6.72. The Morgan fingerprint density at radius 3 is 2.50 bits per heavy atom. The fraction of sp³-hybridized carbons (Fsp3) is 0.733. The SMILES string of the molecule is CC1(C)CC(NC(=O)Cn2cc(N)cn2)CC(C)(C)C1. The zero-order chi connectivity index (χ0) is 15.0. The summed E-state index contributed by atoms with van der Waals surface area (Å²) in [5, 5.41) is 7.18. The number of anilines is 1. The quantitative estimate of drug-likeness (QED) is 0.890. The molecule has 1 saturated carbocycles. The maximum Gasteiger partial charge on any atom is 0.241 e. The summed E-state index contributed by atoms with van der Waals surface area (Å²) in [7, 11) is 0. The van der Waals surface area contributed by atoms with Crippen LogP contribution in [0.1, 0.15) is 47.0 Å². The molecule has 1 fully saturated rings. The van der Waals surface area contributed by atoms with Crippen molar-refractivity contribution < 1.29 is 4.79 Å². The van der Waals surface area contributed by atoms with Crippen molar-refractivity contribution in [3.8, 4) is 0 Å². The molecule has 1 amide bonds. The smallest absolute Gasteiger partial charge is 0.241 e. The minimum Gasteiger partial charge on any atom is -0.396 e. The molecule has 0 aliphatic heterocycles. The first kappa shape index (κ1) is 14.9. The van der Waals surface area contributed by atoms with Crippen LogP contribution in [0.25, 0.3) is 0 Å². The minimum atomic E-state index is 0.00611. The highest BCUT2D eigenvalue weighted by molar-refractivity contribution is 5.76. The number of carbonyl (C=O) groups is 1. The molecule has 0 bridgehead atoms. The van der Waals surface area contributed by atoms with Gasteiger partial charge < -0.3 is 11.1 Å². The second-order valence-electron chi connectivity index (χ2n) is 7.65. The second-order valence-corrected chi connectivity index (χ2v) is 7.65. The lowest BCUT2D eigenvalue weighted by Gasteiger charge is -2.45. The molecular weight excluding hydrogens is 252 g/mol. The van der Waals surface area contributed by atoms with E-state index in [1.807, 2.05) is 0 Å². The number of nitrogens with two attached hydrogens (primary N) is 1. The van der Waals surface area contributed by atoms with Gasteiger partial charge in [-0.2, -0.15) is 5.10 Å². The number of aromatic nitrogens is 2. The van der Waals surface area contributed by atoms with Crippen molar-refractivity contribution in [1.82, 2.24) is 15.1 Å². The number of amides is 1. The predicted molar refractivity (Wildman–Crippen MR) is 80.0 cm³/mol. The van der Waals surface area contributed by atoms with Crippen LogP contribution in [0.3, 0.4) is 0 Å². The molecule has 1 heterocycles. The van der Waals surface area contributed by atoms with Gasteiger partial charge in [-0.15, -0.1) is 0 Å². The van der Waals surface area contributed by atoms with E-state index in [9.17, 15) is 4.79 Å². The zero-order valence-electron chi connectivity index (χ0n) is 12.9. The Hall–Kier alpha value is -1.52. The summed E-state index contributed by atoms with van der Waals surface area (Å²) in [4.78, 5) is 12.1. The van der Waals surface area contributed by atoms with Crippen molar-refractivity contribution in [3.63, 3.8) is 0 Å². The molecule has 0 saturated heterocycles. The fourth-order valence-corrected chi connectivity index (χ4v) is 3.83. The molecular formula is C15H26N4O. The molecule has 1 aliphatic rings. The van der Waals surface area contributed by atoms with Crippen molar-refractivity contribution in [1.29, 1.82) is 0 Å². The largest absolute Gasteiger partial charge is 0.396 e. The van der Waals surface area contributed by atoms with Crippen LogP contribution in [0.5, 0.6) is 0 Å². The Morgan fingerprint density at radius 2 is 2.00 bits per heavy atom. The fourth-order valence-electron chi connectivity index (χ4n) is 3.83. The normalized spacial score (nSPS) is 21.6. The van der Waals surface area contributed by atoms with Crippen LogP contribution in [0.4, 0.5) is 5.69 Å². The van der Waals surface area contributed by atoms with Crippen LogP contribution < -0.4 is 11.1 Å². The van der Waals surface area contributed by atoms with E-state index >= 15 is 0 Å². The summed E-state index contributed by atoms with van der Waals surface area (Å²) < 4.78 is 1.57. The van der Waals surface area contributed by atoms with Crippen molar-refractivity contribution in [2.24, 2.45) is 10.8 Å². The van der Waals surface area contributed by atoms with Gasteiger partial charge in [0.1, 0.15) is 6.54 Å². The topological polar surface area (TPSA) is 72.9 Å². The van der Waals surface area contributed by atoms with Gasteiger partial charge in [-0.1, -0.05) is 27.7 Å². The van der Waals surface area contributed by atoms with Gasteiger partial charge in [0.25, 0.3) is 0 Å². The summed E-state index contributed by atoms with van der Waals surface area (Å²) in [6, 6.07) is 0.245. The van der Waals surface area contributed by atoms with E-state index in [0.29, 0.717) is 5.69 Å². The molecule has 5 nitrogen and oxygen atoms in total. The van der Waals surface area contributed by atoms with Gasteiger partial charge in [0.2, 0.25) is 5.91 Å². The molecule has 5 heteroatoms. The van der Waals surface area contributed by atoms with E-state index in [1.54, 1.807) is 17.1 Å². The second kappa shape index (κ2) is 5.11. The van der Waals surface area contributed by atoms with Crippen LogP contribution in [0.15, 0.2) is 12.4 Å². The van der Waals surface area contributed by atoms with E-state index in [2.05, 4.69) is 38.1 Å². The Balaban J connectivity index is 1.93. The first-order valence-corrected chi connectivity index (χ1v) is 7.23. The van der Waals surface area contributed by atoms with E-state index in [0.717, 1.165) is 12.8 Å². The van der Waals surface area contributed by atoms with Crippen LogP contribution in [0, 0.1) is 10.8 Å². The molecule has 2 rings (SSSR count). The number of nitrogens with one attached hydrogen (secondary N) is 1. The van der Waals surface area contributed by atoms with E-state index in [1.165, 1.54) is 6.42 Å². The highest BCUT2D eigenvalue weighted by Crippen LogP contribution is 2.45. The zero-order valence-corrected chi connectivity index (χ0v) is 12.9. The molecule has 0 spiro atoms. The third kappa shape index (κ3) is 3.99. The molecule has 3 N–H and O–H groups in total. The average molecular weight is 278 g/mol. The van der Waals surface area contributed by atoms with Crippen molar-refractivity contribution in [2.75, 3.05) is 5.73 Å². The molecule has 0 atom stereocenters. The monoisotopic (exact) mass is 278 g/mol. The molecule has 1 aromatic rings. The maximum atomic E-state index is 12.1. The highest BCUT2D eigenvalue weighted by Gasteiger charge is 2.38. The summed E-state index contributed by atoms with van der Waals surface area (Å²) in [6.45, 7) is 9.35. The average Bonchev–Trinajstić information content (AvgIpc) is 2.58. The van der Waals surface area contributed by atoms with Gasteiger partial charge in [-0.25, -0.2) is 0 Å². The van der Waals surface area contributed by atoms with Gasteiger partial charge in [0, 0.05) is 12.2 Å². The summed E-state index contributed by atoms with van der Waals surface area (Å²) in [5.74, 6) is 0.00611. The number of hydrogen-bond donors (Lipinski definition) is 2. The molecule has 20 heavy (non-hydrogen) atoms. The Bertz CT molecular complexity index is 474. The molecule has 0 radical (unpaired) electrons. The molecule has 1 aromatic heterocycles. The van der Waals surface area contributed by atoms with Gasteiger partial charge in [-0.3, -0.25) is 9.48 Å². The third-order valence-corrected chi connectivity index (χ3v) is 3.88. The first-order valence-electron chi connectivity index (χ1n) is 7.23. The van der Waals surface area contributed by atoms with Crippen molar-refractivity contribution >= 4 is 11.6 Å². The van der Waals surface area contributed by atoms with Gasteiger partial charge in [0.05, 0.1) is 11.9 Å². The Morgan fingerprint density at radius 1 is 1.40 bits per heavy atom. The van der Waals surface area contributed by atoms with Gasteiger partial charge >= 0.3 is 0 Å². The van der Waals surface area contributed by atoms with E-state index < -0.39 is 0 Å². The summed E-state index contributed by atoms with van der Waals surface area (Å²) >= 11 is 0. The molecule has 0 aromatic carbocycles. The third-order valence-electron chi connectivity index (χ3n) is 3.88. The van der Waals surface area contributed by atoms with Crippen molar-refractivity contribution in [3.05, 3.63) is 12.4 Å². The number of nitrogens with zero attached hydrogens (tertiary/aromatic N) is 2. The highest BCUT2D eigenvalue weighted by atomic mass is 16.2. The maximum absolute atomic E-state index is 12.1. The number of carbonyl (C=O) groups excluding carboxylic acids is 1. The van der Waals surface area contributed by atoms with Crippen LogP contribution in [0.2, 0.25) is 0 Å². The molecule has 0 unspecified atom stereocenters. The molecule has 1 aliphatic carbocycles.